The van der Waals surface area contributed by atoms with Gasteiger partial charge in [0.05, 0.1) is 22.8 Å². The van der Waals surface area contributed by atoms with Gasteiger partial charge in [0.15, 0.2) is 0 Å². The zero-order chi connectivity index (χ0) is 29.9. The van der Waals surface area contributed by atoms with Crippen LogP contribution in [0.5, 0.6) is 0 Å². The molecular weight excluding hydrogens is 589 g/mol. The van der Waals surface area contributed by atoms with E-state index < -0.39 is 10.1 Å². The third kappa shape index (κ3) is 4.17. The molecule has 0 atom stereocenters. The summed E-state index contributed by atoms with van der Waals surface area (Å²) in [5, 5.41) is 11.7. The fraction of sp³-hybridized carbons (Fsp3) is 0.444. The number of hydrogen-bond donors (Lipinski definition) is 2. The first-order valence-electron chi connectivity index (χ1n) is 15.5. The molecule has 3 aromatic rings. The molecule has 2 aliphatic rings. The van der Waals surface area contributed by atoms with E-state index in [0.717, 1.165) is 44.8 Å². The molecule has 0 saturated heterocycles. The first-order chi connectivity index (χ1) is 19.5. The Bertz CT molecular complexity index is 1430. The molecule has 0 unspecified atom stereocenters. The molecule has 41 heavy (non-hydrogen) atoms. The minimum atomic E-state index is -3.67. The van der Waals surface area contributed by atoms with E-state index in [-0.39, 0.29) is 0 Å². The van der Waals surface area contributed by atoms with Gasteiger partial charge in [0.25, 0.3) is 0 Å². The van der Waals surface area contributed by atoms with Crippen LogP contribution in [0.3, 0.4) is 0 Å². The van der Waals surface area contributed by atoms with Gasteiger partial charge in [0, 0.05) is 22.1 Å². The van der Waals surface area contributed by atoms with E-state index in [1.165, 1.54) is 40.1 Å². The Kier molecular flexibility index (Phi) is 6.92. The Morgan fingerprint density at radius 3 is 0.805 bits per heavy atom. The van der Waals surface area contributed by atoms with Crippen LogP contribution in [0.1, 0.15) is 78.2 Å². The Hall–Kier alpha value is -2.78. The Labute approximate surface area is 242 Å². The normalized spacial score (nSPS) is 16.6. The van der Waals surface area contributed by atoms with E-state index in [2.05, 4.69) is 99.6 Å². The second kappa shape index (κ2) is 9.11. The van der Waals surface area contributed by atoms with Crippen LogP contribution in [0.25, 0.3) is 46.4 Å². The molecule has 0 saturated carbocycles. The van der Waals surface area contributed by atoms with Gasteiger partial charge >= 0.3 is 106 Å². The van der Waals surface area contributed by atoms with Gasteiger partial charge in [-0.15, -0.1) is 0 Å². The molecule has 8 bridgehead atoms. The van der Waals surface area contributed by atoms with E-state index >= 15 is 0 Å². The first kappa shape index (κ1) is 31.2. The zero-order valence-corrected chi connectivity index (χ0v) is 28.6. The quantitative estimate of drug-likeness (QED) is 0.165. The van der Waals surface area contributed by atoms with Crippen molar-refractivity contribution in [2.24, 2.45) is 0 Å². The van der Waals surface area contributed by atoms with Gasteiger partial charge < -0.3 is 9.97 Å². The van der Waals surface area contributed by atoms with Gasteiger partial charge in [-0.25, -0.2) is 9.97 Å². The molecule has 5 heterocycles. The molecule has 0 aliphatic carbocycles. The van der Waals surface area contributed by atoms with Gasteiger partial charge in [-0.2, -0.15) is 0 Å². The Morgan fingerprint density at radius 1 is 0.415 bits per heavy atom. The summed E-state index contributed by atoms with van der Waals surface area (Å²) in [5.74, 6) is 0. The van der Waals surface area contributed by atoms with Crippen LogP contribution in [0, 0.1) is 0 Å². The van der Waals surface area contributed by atoms with Crippen molar-refractivity contribution in [1.82, 2.24) is 19.9 Å². The summed E-state index contributed by atoms with van der Waals surface area (Å²) >= 11 is 0. The molecular formula is C36H54N4Ru. The van der Waals surface area contributed by atoms with Crippen LogP contribution in [0.15, 0.2) is 48.5 Å². The maximum atomic E-state index is 4.63. The molecule has 0 amide bonds. The van der Waals surface area contributed by atoms with Crippen molar-refractivity contribution in [3.63, 3.8) is 0 Å². The zero-order valence-electron chi connectivity index (χ0n) is 26.8. The summed E-state index contributed by atoms with van der Waals surface area (Å²) in [6, 6.07) is 16.4. The standard InChI is InChI=1S/C20H14N4.8C2H5.Ru/c1-2-14-10-16-5-6-18(23-16)12-20-8-7-19(24-20)11-17-4-3-15(22-17)9-13(1)21-14;8*1-2;/h1-12,21,24H;8*1H2,2H3;. The summed E-state index contributed by atoms with van der Waals surface area (Å²) in [4.78, 5) is 16.0. The summed E-state index contributed by atoms with van der Waals surface area (Å²) in [6.45, 7) is 20.3. The third-order valence-electron chi connectivity index (χ3n) is 13.9. The Balaban J connectivity index is 0.000000204. The number of fused-ring (bicyclic) bond motifs is 8. The molecule has 226 valence electrons. The molecule has 5 heteroatoms. The fourth-order valence-corrected chi connectivity index (χ4v) is 32.2. The van der Waals surface area contributed by atoms with Crippen molar-refractivity contribution in [2.45, 2.75) is 95.5 Å². The second-order valence-corrected chi connectivity index (χ2v) is 47.0. The molecule has 2 N–H and O–H groups in total. The molecule has 2 aliphatic heterocycles. The molecule has 0 radical (unpaired) electrons. The van der Waals surface area contributed by atoms with Crippen LogP contribution in [0.4, 0.5) is 0 Å². The van der Waals surface area contributed by atoms with E-state index in [9.17, 15) is 0 Å². The van der Waals surface area contributed by atoms with Gasteiger partial charge in [-0.3, -0.25) is 0 Å². The number of nitrogens with zero attached hydrogens (tertiary/aromatic N) is 2. The van der Waals surface area contributed by atoms with Crippen molar-refractivity contribution in [2.75, 3.05) is 0 Å². The molecule has 0 spiro atoms. The van der Waals surface area contributed by atoms with Crippen LogP contribution >= 0.6 is 0 Å². The minimum absolute atomic E-state index is 0.939. The number of aromatic amines is 2. The van der Waals surface area contributed by atoms with E-state index in [1.807, 2.05) is 48.6 Å². The number of aromatic nitrogens is 4. The summed E-state index contributed by atoms with van der Waals surface area (Å²) in [5.41, 5.74) is 7.86. The molecule has 4 nitrogen and oxygen atoms in total. The molecule has 3 aromatic heterocycles. The van der Waals surface area contributed by atoms with Crippen LogP contribution in [0.2, 0.25) is 40.1 Å². The third-order valence-corrected chi connectivity index (χ3v) is 62.6. The predicted molar refractivity (Wildman–Crippen MR) is 183 cm³/mol. The number of H-pyrrole nitrogens is 2. The van der Waals surface area contributed by atoms with E-state index in [1.54, 1.807) is 0 Å². The fourth-order valence-electron chi connectivity index (χ4n) is 7.89. The van der Waals surface area contributed by atoms with Crippen molar-refractivity contribution in [3.8, 4) is 0 Å². The summed E-state index contributed by atoms with van der Waals surface area (Å²) in [7, 11) is -3.67. The van der Waals surface area contributed by atoms with Gasteiger partial charge in [-0.1, -0.05) is 0 Å². The number of rotatable bonds is 8. The van der Waals surface area contributed by atoms with Crippen molar-refractivity contribution in [1.29, 1.82) is 0 Å². The second-order valence-electron chi connectivity index (χ2n) is 12.9. The van der Waals surface area contributed by atoms with Gasteiger partial charge in [0.2, 0.25) is 0 Å². The summed E-state index contributed by atoms with van der Waals surface area (Å²) < 4.78 is 0. The summed E-state index contributed by atoms with van der Waals surface area (Å²) in [6.07, 6.45) is 8.09. The average Bonchev–Trinajstić information content (AvgIpc) is 3.85. The van der Waals surface area contributed by atoms with Crippen molar-refractivity contribution >= 4 is 46.4 Å². The maximum absolute atomic E-state index is 4.63. The van der Waals surface area contributed by atoms with E-state index in [4.69, 9.17) is 0 Å². The van der Waals surface area contributed by atoms with Crippen molar-refractivity contribution in [3.05, 3.63) is 71.3 Å². The van der Waals surface area contributed by atoms with Gasteiger partial charge in [0.1, 0.15) is 0 Å². The van der Waals surface area contributed by atoms with Crippen LogP contribution < -0.4 is 0 Å². The van der Waals surface area contributed by atoms with Gasteiger partial charge in [-0.05, 0) is 72.8 Å². The van der Waals surface area contributed by atoms with Crippen LogP contribution in [-0.2, 0) is 10.1 Å². The first-order valence-corrected chi connectivity index (χ1v) is 25.3. The molecule has 5 rings (SSSR count). The number of hydrogen-bond acceptors (Lipinski definition) is 2. The number of nitrogens with one attached hydrogen (secondary N) is 2. The predicted octanol–water partition coefficient (Wildman–Crippen LogP) is 12.4. The molecule has 0 aromatic carbocycles. The Morgan fingerprint density at radius 2 is 0.634 bits per heavy atom. The average molecular weight is 644 g/mol. The SMILES string of the molecule is C1=Cc2cc3ccc(cc4nc(cc5ccc(cc1n2)[nH]5)C=C4)[nH]3.C[CH2][Ru]([CH2]C)([CH2]C)([CH2]C)([CH2]C)([CH2]C)([CH2]C)[CH2]C. The topological polar surface area (TPSA) is 57.4 Å². The van der Waals surface area contributed by atoms with E-state index in [0.29, 0.717) is 0 Å². The van der Waals surface area contributed by atoms with Crippen LogP contribution in [-0.4, -0.2) is 19.9 Å². The van der Waals surface area contributed by atoms with Crippen molar-refractivity contribution < 1.29 is 10.1 Å². The molecule has 0 fully saturated rings. The monoisotopic (exact) mass is 644 g/mol.